The van der Waals surface area contributed by atoms with Gasteiger partial charge in [0.2, 0.25) is 0 Å². The van der Waals surface area contributed by atoms with E-state index in [1.807, 2.05) is 5.06 Å². The maximum atomic E-state index is 5.08. The van der Waals surface area contributed by atoms with Crippen molar-refractivity contribution in [2.24, 2.45) is 0 Å². The standard InChI is InChI=1S/C5H11NO2.H3P/c1-7-6-2-4-8-5-3-6;/h2-5H2,1H3;1H3. The Bertz CT molecular complexity index is 66.0. The van der Waals surface area contributed by atoms with Gasteiger partial charge in [-0.2, -0.15) is 15.0 Å². The van der Waals surface area contributed by atoms with E-state index in [1.165, 1.54) is 0 Å². The largest absolute Gasteiger partial charge is 0.379 e. The number of hydrogen-bond donors (Lipinski definition) is 0. The molecule has 4 heteroatoms. The van der Waals surface area contributed by atoms with Crippen LogP contribution in [0.2, 0.25) is 0 Å². The van der Waals surface area contributed by atoms with Crippen LogP contribution >= 0.6 is 9.90 Å². The van der Waals surface area contributed by atoms with E-state index >= 15 is 0 Å². The first-order valence-electron chi connectivity index (χ1n) is 2.80. The zero-order chi connectivity index (χ0) is 5.82. The van der Waals surface area contributed by atoms with E-state index in [0.717, 1.165) is 26.3 Å². The first-order valence-corrected chi connectivity index (χ1v) is 2.80. The van der Waals surface area contributed by atoms with Crippen LogP contribution in [0.1, 0.15) is 0 Å². The van der Waals surface area contributed by atoms with Gasteiger partial charge in [0.15, 0.2) is 0 Å². The average Bonchev–Trinajstić information content (AvgIpc) is 1.90. The number of hydroxylamine groups is 2. The Morgan fingerprint density at radius 3 is 2.22 bits per heavy atom. The van der Waals surface area contributed by atoms with Crippen LogP contribution in [-0.4, -0.2) is 38.5 Å². The SMILES string of the molecule is CON1CCOCC1.P. The van der Waals surface area contributed by atoms with Gasteiger partial charge in [-0.05, 0) is 0 Å². The predicted molar refractivity (Wildman–Crippen MR) is 40.5 cm³/mol. The van der Waals surface area contributed by atoms with Crippen LogP contribution in [-0.2, 0) is 9.57 Å². The summed E-state index contributed by atoms with van der Waals surface area (Å²) >= 11 is 0. The van der Waals surface area contributed by atoms with E-state index in [2.05, 4.69) is 0 Å². The van der Waals surface area contributed by atoms with E-state index in [4.69, 9.17) is 9.57 Å². The van der Waals surface area contributed by atoms with E-state index in [1.54, 1.807) is 7.11 Å². The van der Waals surface area contributed by atoms with Gasteiger partial charge in [0.1, 0.15) is 0 Å². The quantitative estimate of drug-likeness (QED) is 0.490. The topological polar surface area (TPSA) is 21.7 Å². The van der Waals surface area contributed by atoms with Gasteiger partial charge < -0.3 is 9.57 Å². The van der Waals surface area contributed by atoms with Crippen LogP contribution in [0.25, 0.3) is 0 Å². The van der Waals surface area contributed by atoms with E-state index in [0.29, 0.717) is 0 Å². The molecule has 1 rings (SSSR count). The molecular weight excluding hydrogens is 137 g/mol. The number of ether oxygens (including phenoxy) is 1. The Labute approximate surface area is 58.9 Å². The molecule has 0 saturated carbocycles. The molecule has 1 unspecified atom stereocenters. The van der Waals surface area contributed by atoms with E-state index in [-0.39, 0.29) is 9.90 Å². The number of nitrogens with zero attached hydrogens (tertiary/aromatic N) is 1. The minimum atomic E-state index is 0. The Hall–Kier alpha value is 0.310. The lowest BCUT2D eigenvalue weighted by Crippen LogP contribution is -2.35. The molecule has 0 aromatic heterocycles. The number of hydrogen-bond acceptors (Lipinski definition) is 3. The molecule has 1 aliphatic rings. The van der Waals surface area contributed by atoms with Crippen molar-refractivity contribution in [3.8, 4) is 0 Å². The molecule has 0 spiro atoms. The van der Waals surface area contributed by atoms with Crippen LogP contribution < -0.4 is 0 Å². The summed E-state index contributed by atoms with van der Waals surface area (Å²) in [6.07, 6.45) is 0. The Morgan fingerprint density at radius 1 is 1.33 bits per heavy atom. The third-order valence-corrected chi connectivity index (χ3v) is 1.23. The van der Waals surface area contributed by atoms with Crippen LogP contribution in [0, 0.1) is 0 Å². The van der Waals surface area contributed by atoms with Crippen molar-refractivity contribution >= 4 is 9.90 Å². The molecule has 1 heterocycles. The number of rotatable bonds is 1. The Morgan fingerprint density at radius 2 is 1.89 bits per heavy atom. The second-order valence-electron chi connectivity index (χ2n) is 1.72. The molecule has 1 fully saturated rings. The van der Waals surface area contributed by atoms with Crippen molar-refractivity contribution in [3.63, 3.8) is 0 Å². The highest BCUT2D eigenvalue weighted by Gasteiger charge is 2.07. The molecule has 1 saturated heterocycles. The molecule has 1 aliphatic heterocycles. The first-order chi connectivity index (χ1) is 3.93. The van der Waals surface area contributed by atoms with Crippen molar-refractivity contribution in [2.45, 2.75) is 0 Å². The summed E-state index contributed by atoms with van der Waals surface area (Å²) in [4.78, 5) is 4.94. The summed E-state index contributed by atoms with van der Waals surface area (Å²) in [5, 5.41) is 1.89. The molecule has 0 N–H and O–H groups in total. The minimum absolute atomic E-state index is 0. The second-order valence-corrected chi connectivity index (χ2v) is 1.72. The summed E-state index contributed by atoms with van der Waals surface area (Å²) in [7, 11) is 1.69. The third-order valence-electron chi connectivity index (χ3n) is 1.23. The van der Waals surface area contributed by atoms with Gasteiger partial charge >= 0.3 is 0 Å². The third kappa shape index (κ3) is 3.11. The molecule has 0 bridgehead atoms. The highest BCUT2D eigenvalue weighted by atomic mass is 31.0. The molecule has 0 aliphatic carbocycles. The van der Waals surface area contributed by atoms with Crippen molar-refractivity contribution in [3.05, 3.63) is 0 Å². The molecule has 0 radical (unpaired) electrons. The maximum Gasteiger partial charge on any atom is 0.0617 e. The van der Waals surface area contributed by atoms with E-state index in [9.17, 15) is 0 Å². The summed E-state index contributed by atoms with van der Waals surface area (Å²) < 4.78 is 5.08. The fraction of sp³-hybridized carbons (Fsp3) is 1.00. The fourth-order valence-electron chi connectivity index (χ4n) is 0.729. The van der Waals surface area contributed by atoms with Crippen LogP contribution in [0.3, 0.4) is 0 Å². The Kier molecular flexibility index (Phi) is 5.30. The number of morpholine rings is 1. The molecule has 0 aromatic rings. The normalized spacial score (nSPS) is 21.0. The summed E-state index contributed by atoms with van der Waals surface area (Å²) in [6, 6.07) is 0. The van der Waals surface area contributed by atoms with Gasteiger partial charge in [-0.3, -0.25) is 0 Å². The zero-order valence-corrected chi connectivity index (χ0v) is 7.21. The molecule has 0 aromatic carbocycles. The Balaban J connectivity index is 0.000000640. The smallest absolute Gasteiger partial charge is 0.0617 e. The summed E-state index contributed by atoms with van der Waals surface area (Å²) in [6.45, 7) is 3.40. The molecular formula is C5H14NO2P. The second kappa shape index (κ2) is 5.12. The maximum absolute atomic E-state index is 5.08. The van der Waals surface area contributed by atoms with Gasteiger partial charge in [-0.15, -0.1) is 0 Å². The highest BCUT2D eigenvalue weighted by molar-refractivity contribution is 6.92. The van der Waals surface area contributed by atoms with Crippen LogP contribution in [0.5, 0.6) is 0 Å². The van der Waals surface area contributed by atoms with Gasteiger partial charge in [0, 0.05) is 13.1 Å². The zero-order valence-electron chi connectivity index (χ0n) is 5.80. The van der Waals surface area contributed by atoms with Crippen molar-refractivity contribution < 1.29 is 9.57 Å². The predicted octanol–water partition coefficient (Wildman–Crippen LogP) is -0.0619. The van der Waals surface area contributed by atoms with Crippen LogP contribution in [0.4, 0.5) is 0 Å². The monoisotopic (exact) mass is 151 g/mol. The van der Waals surface area contributed by atoms with Crippen LogP contribution in [0.15, 0.2) is 0 Å². The lowest BCUT2D eigenvalue weighted by Gasteiger charge is -2.23. The molecule has 3 nitrogen and oxygen atoms in total. The van der Waals surface area contributed by atoms with Crippen molar-refractivity contribution in [2.75, 3.05) is 33.4 Å². The highest BCUT2D eigenvalue weighted by Crippen LogP contribution is 1.94. The van der Waals surface area contributed by atoms with Gasteiger partial charge in [0.05, 0.1) is 20.3 Å². The van der Waals surface area contributed by atoms with Gasteiger partial charge in [-0.25, -0.2) is 0 Å². The van der Waals surface area contributed by atoms with Gasteiger partial charge in [-0.1, -0.05) is 0 Å². The lowest BCUT2D eigenvalue weighted by molar-refractivity contribution is -0.171. The first kappa shape index (κ1) is 9.31. The summed E-state index contributed by atoms with van der Waals surface area (Å²) in [5.41, 5.74) is 0. The molecule has 56 valence electrons. The van der Waals surface area contributed by atoms with Gasteiger partial charge in [0.25, 0.3) is 0 Å². The minimum Gasteiger partial charge on any atom is -0.379 e. The molecule has 9 heavy (non-hydrogen) atoms. The fourth-order valence-corrected chi connectivity index (χ4v) is 0.729. The summed E-state index contributed by atoms with van der Waals surface area (Å²) in [5.74, 6) is 0. The average molecular weight is 151 g/mol. The van der Waals surface area contributed by atoms with E-state index < -0.39 is 0 Å². The lowest BCUT2D eigenvalue weighted by atomic mass is 10.5. The van der Waals surface area contributed by atoms with Crippen molar-refractivity contribution in [1.29, 1.82) is 0 Å². The molecule has 1 atom stereocenters. The van der Waals surface area contributed by atoms with Crippen molar-refractivity contribution in [1.82, 2.24) is 5.06 Å². The molecule has 0 amide bonds.